The fourth-order valence-electron chi connectivity index (χ4n) is 2.67. The molecule has 0 amide bonds. The summed E-state index contributed by atoms with van der Waals surface area (Å²) in [7, 11) is 0.302. The summed E-state index contributed by atoms with van der Waals surface area (Å²) in [4.78, 5) is 11.9. The maximum absolute atomic E-state index is 11.9. The van der Waals surface area contributed by atoms with Gasteiger partial charge in [-0.15, -0.1) is 0 Å². The molecule has 1 aliphatic rings. The molecule has 0 aliphatic heterocycles. The third-order valence-electron chi connectivity index (χ3n) is 5.38. The van der Waals surface area contributed by atoms with E-state index in [1.807, 2.05) is 12.1 Å². The van der Waals surface area contributed by atoms with E-state index in [2.05, 4.69) is 57.6 Å². The zero-order valence-corrected chi connectivity index (χ0v) is 15.9. The van der Waals surface area contributed by atoms with E-state index in [-0.39, 0.29) is 10.8 Å². The Morgan fingerprint density at radius 1 is 1.13 bits per heavy atom. The van der Waals surface area contributed by atoms with Crippen molar-refractivity contribution >= 4 is 31.1 Å². The van der Waals surface area contributed by atoms with Gasteiger partial charge in [0.05, 0.1) is 6.61 Å². The van der Waals surface area contributed by atoms with Crippen molar-refractivity contribution in [3.63, 3.8) is 0 Å². The molecule has 0 radical (unpaired) electrons. The van der Waals surface area contributed by atoms with E-state index in [1.54, 1.807) is 6.08 Å². The van der Waals surface area contributed by atoms with Crippen LogP contribution in [0.3, 0.4) is 0 Å². The predicted octanol–water partition coefficient (Wildman–Crippen LogP) is 4.91. The van der Waals surface area contributed by atoms with Gasteiger partial charge in [0.25, 0.3) is 0 Å². The van der Waals surface area contributed by atoms with E-state index in [4.69, 9.17) is 4.43 Å². The Kier molecular flexibility index (Phi) is 3.65. The number of fused-ring (bicyclic) bond motifs is 2. The first kappa shape index (κ1) is 16.2. The number of carbonyl (C=O) groups excluding carboxylic acids is 1. The summed E-state index contributed by atoms with van der Waals surface area (Å²) < 4.78 is 8.53. The van der Waals surface area contributed by atoms with Crippen LogP contribution < -0.4 is 0 Å². The van der Waals surface area contributed by atoms with Gasteiger partial charge >= 0.3 is 0 Å². The largest absolute Gasteiger partial charge is 0.411 e. The van der Waals surface area contributed by atoms with Crippen LogP contribution in [0.25, 0.3) is 17.0 Å². The Bertz CT molecular complexity index is 822. The topological polar surface area (TPSA) is 31.2 Å². The van der Waals surface area contributed by atoms with Crippen LogP contribution in [0.5, 0.6) is 0 Å². The van der Waals surface area contributed by atoms with Gasteiger partial charge in [-0.25, -0.2) is 0 Å². The van der Waals surface area contributed by atoms with Crippen molar-refractivity contribution in [1.82, 2.24) is 4.57 Å². The van der Waals surface area contributed by atoms with Crippen molar-refractivity contribution in [3.8, 4) is 0 Å². The number of rotatable bonds is 3. The van der Waals surface area contributed by atoms with Crippen molar-refractivity contribution in [3.05, 3.63) is 41.1 Å². The molecule has 122 valence electrons. The molecule has 23 heavy (non-hydrogen) atoms. The normalized spacial score (nSPS) is 14.8. The van der Waals surface area contributed by atoms with Gasteiger partial charge in [-0.3, -0.25) is 4.79 Å². The van der Waals surface area contributed by atoms with Crippen molar-refractivity contribution < 1.29 is 9.22 Å². The van der Waals surface area contributed by atoms with Gasteiger partial charge < -0.3 is 8.99 Å². The first-order chi connectivity index (χ1) is 10.6. The smallest absolute Gasteiger partial charge is 0.192 e. The molecule has 1 aromatic heterocycles. The monoisotopic (exact) mass is 327 g/mol. The molecule has 3 rings (SSSR count). The zero-order valence-electron chi connectivity index (χ0n) is 14.9. The second-order valence-corrected chi connectivity index (χ2v) is 12.7. The summed E-state index contributed by atoms with van der Waals surface area (Å²) in [5, 5.41) is 1.31. The molecule has 0 bridgehead atoms. The Morgan fingerprint density at radius 2 is 1.83 bits per heavy atom. The highest BCUT2D eigenvalue weighted by molar-refractivity contribution is 6.74. The number of aryl methyl sites for hydroxylation is 1. The second kappa shape index (κ2) is 5.18. The first-order valence-corrected chi connectivity index (χ1v) is 11.0. The molecule has 4 heteroatoms. The van der Waals surface area contributed by atoms with Gasteiger partial charge in [0.15, 0.2) is 14.1 Å². The maximum atomic E-state index is 11.9. The highest BCUT2D eigenvalue weighted by atomic mass is 28.4. The van der Waals surface area contributed by atoms with Crippen molar-refractivity contribution in [2.24, 2.45) is 7.05 Å². The molecule has 0 atom stereocenters. The molecule has 0 spiro atoms. The molecule has 0 saturated carbocycles. The Hall–Kier alpha value is -1.65. The lowest BCUT2D eigenvalue weighted by molar-refractivity contribution is 0.105. The van der Waals surface area contributed by atoms with Gasteiger partial charge in [-0.2, -0.15) is 0 Å². The third kappa shape index (κ3) is 2.70. The Balaban J connectivity index is 1.93. The molecule has 1 aliphatic carbocycles. The van der Waals surface area contributed by atoms with E-state index in [9.17, 15) is 4.79 Å². The zero-order chi connectivity index (χ0) is 17.0. The molecular formula is C19H25NO2Si. The predicted molar refractivity (Wildman–Crippen MR) is 98.3 cm³/mol. The van der Waals surface area contributed by atoms with Crippen LogP contribution in [0.15, 0.2) is 24.3 Å². The van der Waals surface area contributed by atoms with Crippen molar-refractivity contribution in [2.45, 2.75) is 45.5 Å². The molecule has 3 nitrogen and oxygen atoms in total. The van der Waals surface area contributed by atoms with E-state index >= 15 is 0 Å². The number of aromatic nitrogens is 1. The summed E-state index contributed by atoms with van der Waals surface area (Å²) in [6.07, 6.45) is 3.54. The number of allylic oxidation sites excluding steroid dienone is 1. The van der Waals surface area contributed by atoms with Crippen LogP contribution in [-0.2, 0) is 18.1 Å². The van der Waals surface area contributed by atoms with Crippen molar-refractivity contribution in [1.29, 1.82) is 0 Å². The summed E-state index contributed by atoms with van der Waals surface area (Å²) in [6, 6.07) is 6.25. The molecule has 2 aromatic rings. The number of carbonyl (C=O) groups is 1. The minimum atomic E-state index is -1.77. The molecule has 0 N–H and O–H groups in total. The third-order valence-corrected chi connectivity index (χ3v) is 9.86. The second-order valence-electron chi connectivity index (χ2n) is 7.94. The number of hydrogen-bond donors (Lipinski definition) is 0. The van der Waals surface area contributed by atoms with Crippen LogP contribution in [0, 0.1) is 0 Å². The minimum absolute atomic E-state index is 0.102. The Morgan fingerprint density at radius 3 is 2.48 bits per heavy atom. The Labute approximate surface area is 139 Å². The molecular weight excluding hydrogens is 302 g/mol. The van der Waals surface area contributed by atoms with E-state index < -0.39 is 8.32 Å². The summed E-state index contributed by atoms with van der Waals surface area (Å²) in [6.45, 7) is 11.9. The summed E-state index contributed by atoms with van der Waals surface area (Å²) >= 11 is 0. The van der Waals surface area contributed by atoms with Crippen molar-refractivity contribution in [2.75, 3.05) is 0 Å². The molecule has 0 unspecified atom stereocenters. The molecule has 0 fully saturated rings. The maximum Gasteiger partial charge on any atom is 0.192 e. The van der Waals surface area contributed by atoms with E-state index in [1.165, 1.54) is 0 Å². The number of benzene rings is 1. The SMILES string of the molecule is Cn1c(CO[Si](C)(C)C(C)(C)C)cc2cc3c(cc21)C=CC3=O. The summed E-state index contributed by atoms with van der Waals surface area (Å²) in [5.74, 6) is 0.102. The van der Waals surface area contributed by atoms with Gasteiger partial charge in [0.1, 0.15) is 0 Å². The number of hydrogen-bond acceptors (Lipinski definition) is 2. The average Bonchev–Trinajstić information content (AvgIpc) is 2.96. The highest BCUT2D eigenvalue weighted by Gasteiger charge is 2.37. The fourth-order valence-corrected chi connectivity index (χ4v) is 3.62. The van der Waals surface area contributed by atoms with Crippen LogP contribution in [-0.4, -0.2) is 18.7 Å². The van der Waals surface area contributed by atoms with Gasteiger partial charge in [0.2, 0.25) is 0 Å². The minimum Gasteiger partial charge on any atom is -0.411 e. The lowest BCUT2D eigenvalue weighted by atomic mass is 10.1. The van der Waals surface area contributed by atoms with Crippen LogP contribution in [0.2, 0.25) is 18.1 Å². The number of ketones is 1. The van der Waals surface area contributed by atoms with Crippen LogP contribution >= 0.6 is 0 Å². The fraction of sp³-hybridized carbons (Fsp3) is 0.421. The molecule has 1 heterocycles. The van der Waals surface area contributed by atoms with Gasteiger partial charge in [0, 0.05) is 29.2 Å². The van der Waals surface area contributed by atoms with Crippen LogP contribution in [0.4, 0.5) is 0 Å². The lowest BCUT2D eigenvalue weighted by Crippen LogP contribution is -2.40. The number of nitrogens with zero attached hydrogens (tertiary/aromatic N) is 1. The van der Waals surface area contributed by atoms with Gasteiger partial charge in [-0.05, 0) is 48.0 Å². The standard InChI is InChI=1S/C19H25NO2Si/c1-19(2,3)23(5,6)22-12-15-9-14-10-16-13(7-8-18(16)21)11-17(14)20(15)4/h7-11H,12H2,1-6H3. The average molecular weight is 328 g/mol. The molecule has 0 saturated heterocycles. The van der Waals surface area contributed by atoms with E-state index in [0.29, 0.717) is 6.61 Å². The van der Waals surface area contributed by atoms with Crippen LogP contribution in [0.1, 0.15) is 42.4 Å². The summed E-state index contributed by atoms with van der Waals surface area (Å²) in [5.41, 5.74) is 4.13. The highest BCUT2D eigenvalue weighted by Crippen LogP contribution is 2.37. The quantitative estimate of drug-likeness (QED) is 0.750. The lowest BCUT2D eigenvalue weighted by Gasteiger charge is -2.36. The molecule has 1 aromatic carbocycles. The first-order valence-electron chi connectivity index (χ1n) is 8.09. The van der Waals surface area contributed by atoms with Gasteiger partial charge in [-0.1, -0.05) is 26.8 Å². The van der Waals surface area contributed by atoms with E-state index in [0.717, 1.165) is 27.7 Å².